The number of halogens is 2. The topological polar surface area (TPSA) is 17.1 Å². The molecule has 0 bridgehead atoms. The first-order chi connectivity index (χ1) is 7.08. The van der Waals surface area contributed by atoms with Crippen LogP contribution in [0.4, 0.5) is 0 Å². The lowest BCUT2D eigenvalue weighted by Crippen LogP contribution is -1.94. The fourth-order valence-electron chi connectivity index (χ4n) is 1.85. The summed E-state index contributed by atoms with van der Waals surface area (Å²) in [5.74, 6) is 0.380. The minimum atomic E-state index is 0.158. The third-order valence-electron chi connectivity index (χ3n) is 2.73. The summed E-state index contributed by atoms with van der Waals surface area (Å²) in [6.07, 6.45) is 1.27. The molecule has 2 rings (SSSR count). The van der Waals surface area contributed by atoms with Gasteiger partial charge >= 0.3 is 0 Å². The van der Waals surface area contributed by atoms with Crippen molar-refractivity contribution in [1.29, 1.82) is 0 Å². The third kappa shape index (κ3) is 2.09. The van der Waals surface area contributed by atoms with Crippen molar-refractivity contribution in [3.63, 3.8) is 0 Å². The van der Waals surface area contributed by atoms with Crippen LogP contribution in [0.1, 0.15) is 24.3 Å². The SMILES string of the molecule is C=C1CC(c2ccc(Cl)c(Cl)c2)CC1=O. The summed E-state index contributed by atoms with van der Waals surface area (Å²) >= 11 is 11.8. The fourth-order valence-corrected chi connectivity index (χ4v) is 2.16. The van der Waals surface area contributed by atoms with Crippen LogP contribution in [0.2, 0.25) is 10.0 Å². The van der Waals surface area contributed by atoms with E-state index in [-0.39, 0.29) is 11.7 Å². The number of ketones is 1. The van der Waals surface area contributed by atoms with E-state index in [9.17, 15) is 4.79 Å². The molecule has 1 atom stereocenters. The van der Waals surface area contributed by atoms with Crippen LogP contribution >= 0.6 is 23.2 Å². The van der Waals surface area contributed by atoms with Crippen LogP contribution in [0.25, 0.3) is 0 Å². The van der Waals surface area contributed by atoms with E-state index in [0.717, 1.165) is 12.0 Å². The molecule has 1 aliphatic carbocycles. The highest BCUT2D eigenvalue weighted by molar-refractivity contribution is 6.42. The van der Waals surface area contributed by atoms with Gasteiger partial charge in [0.05, 0.1) is 10.0 Å². The van der Waals surface area contributed by atoms with Gasteiger partial charge in [0.15, 0.2) is 5.78 Å². The Morgan fingerprint density at radius 3 is 2.47 bits per heavy atom. The monoisotopic (exact) mass is 240 g/mol. The van der Waals surface area contributed by atoms with Crippen LogP contribution in [0, 0.1) is 0 Å². The molecule has 3 heteroatoms. The van der Waals surface area contributed by atoms with Gasteiger partial charge in [0.2, 0.25) is 0 Å². The molecule has 0 saturated heterocycles. The van der Waals surface area contributed by atoms with Gasteiger partial charge in [0, 0.05) is 6.42 Å². The molecule has 0 N–H and O–H groups in total. The maximum absolute atomic E-state index is 11.4. The average molecular weight is 241 g/mol. The van der Waals surface area contributed by atoms with E-state index in [1.807, 2.05) is 12.1 Å². The van der Waals surface area contributed by atoms with Gasteiger partial charge in [-0.2, -0.15) is 0 Å². The van der Waals surface area contributed by atoms with Gasteiger partial charge < -0.3 is 0 Å². The molecular weight excluding hydrogens is 231 g/mol. The smallest absolute Gasteiger partial charge is 0.158 e. The molecule has 1 fully saturated rings. The standard InChI is InChI=1S/C12H10Cl2O/c1-7-4-9(6-12(7)15)8-2-3-10(13)11(14)5-8/h2-3,5,9H,1,4,6H2. The van der Waals surface area contributed by atoms with Crippen molar-refractivity contribution in [3.8, 4) is 0 Å². The van der Waals surface area contributed by atoms with E-state index in [4.69, 9.17) is 23.2 Å². The van der Waals surface area contributed by atoms with Gasteiger partial charge in [0.25, 0.3) is 0 Å². The van der Waals surface area contributed by atoms with Crippen LogP contribution < -0.4 is 0 Å². The molecule has 0 heterocycles. The Balaban J connectivity index is 2.28. The van der Waals surface area contributed by atoms with Crippen molar-refractivity contribution in [2.24, 2.45) is 0 Å². The lowest BCUT2D eigenvalue weighted by molar-refractivity contribution is -0.114. The second kappa shape index (κ2) is 3.99. The fraction of sp³-hybridized carbons (Fsp3) is 0.250. The number of allylic oxidation sites excluding steroid dienone is 1. The van der Waals surface area contributed by atoms with Gasteiger partial charge in [-0.1, -0.05) is 35.8 Å². The predicted molar refractivity (Wildman–Crippen MR) is 62.6 cm³/mol. The zero-order valence-electron chi connectivity index (χ0n) is 8.09. The van der Waals surface area contributed by atoms with E-state index in [2.05, 4.69) is 6.58 Å². The van der Waals surface area contributed by atoms with Crippen LogP contribution in [0.3, 0.4) is 0 Å². The Morgan fingerprint density at radius 1 is 1.20 bits per heavy atom. The van der Waals surface area contributed by atoms with Crippen molar-refractivity contribution in [3.05, 3.63) is 46.0 Å². The Morgan fingerprint density at radius 2 is 1.93 bits per heavy atom. The van der Waals surface area contributed by atoms with Crippen molar-refractivity contribution in [2.45, 2.75) is 18.8 Å². The maximum atomic E-state index is 11.4. The Hall–Kier alpha value is -0.790. The summed E-state index contributed by atoms with van der Waals surface area (Å²) in [7, 11) is 0. The number of benzene rings is 1. The third-order valence-corrected chi connectivity index (χ3v) is 3.47. The summed E-state index contributed by atoms with van der Waals surface area (Å²) in [5.41, 5.74) is 1.78. The predicted octanol–water partition coefficient (Wildman–Crippen LogP) is 4.00. The van der Waals surface area contributed by atoms with Crippen molar-refractivity contribution < 1.29 is 4.79 Å². The zero-order chi connectivity index (χ0) is 11.0. The lowest BCUT2D eigenvalue weighted by atomic mass is 9.97. The molecular formula is C12H10Cl2O. The van der Waals surface area contributed by atoms with Crippen molar-refractivity contribution in [1.82, 2.24) is 0 Å². The van der Waals surface area contributed by atoms with E-state index >= 15 is 0 Å². The number of hydrogen-bond acceptors (Lipinski definition) is 1. The van der Waals surface area contributed by atoms with E-state index in [1.165, 1.54) is 0 Å². The van der Waals surface area contributed by atoms with E-state index in [0.29, 0.717) is 22.0 Å². The van der Waals surface area contributed by atoms with Crippen molar-refractivity contribution >= 4 is 29.0 Å². The number of rotatable bonds is 1. The molecule has 1 saturated carbocycles. The minimum absolute atomic E-state index is 0.158. The molecule has 78 valence electrons. The number of carbonyl (C=O) groups excluding carboxylic acids is 1. The van der Waals surface area contributed by atoms with Crippen LogP contribution in [0.5, 0.6) is 0 Å². The summed E-state index contributed by atoms with van der Waals surface area (Å²) < 4.78 is 0. The Kier molecular flexibility index (Phi) is 2.85. The number of hydrogen-bond donors (Lipinski definition) is 0. The summed E-state index contributed by atoms with van der Waals surface area (Å²) in [6, 6.07) is 5.52. The molecule has 0 radical (unpaired) electrons. The molecule has 1 aromatic rings. The van der Waals surface area contributed by atoms with Crippen LogP contribution in [-0.4, -0.2) is 5.78 Å². The Bertz CT molecular complexity index is 421. The van der Waals surface area contributed by atoms with Gasteiger partial charge in [-0.05, 0) is 35.6 Å². The van der Waals surface area contributed by atoms with E-state index in [1.54, 1.807) is 6.07 Å². The first-order valence-electron chi connectivity index (χ1n) is 4.74. The molecule has 0 aliphatic heterocycles. The largest absolute Gasteiger partial charge is 0.295 e. The second-order valence-electron chi connectivity index (χ2n) is 3.81. The molecule has 0 amide bonds. The van der Waals surface area contributed by atoms with Gasteiger partial charge in [0.1, 0.15) is 0 Å². The van der Waals surface area contributed by atoms with E-state index < -0.39 is 0 Å². The molecule has 1 unspecified atom stereocenters. The molecule has 0 spiro atoms. The lowest BCUT2D eigenvalue weighted by Gasteiger charge is -2.08. The maximum Gasteiger partial charge on any atom is 0.158 e. The average Bonchev–Trinajstić information content (AvgIpc) is 2.52. The first-order valence-corrected chi connectivity index (χ1v) is 5.49. The second-order valence-corrected chi connectivity index (χ2v) is 4.62. The molecule has 0 aromatic heterocycles. The van der Waals surface area contributed by atoms with Crippen LogP contribution in [-0.2, 0) is 4.79 Å². The summed E-state index contributed by atoms with van der Waals surface area (Å²) in [4.78, 5) is 11.4. The minimum Gasteiger partial charge on any atom is -0.295 e. The highest BCUT2D eigenvalue weighted by Crippen LogP contribution is 2.36. The highest BCUT2D eigenvalue weighted by atomic mass is 35.5. The molecule has 15 heavy (non-hydrogen) atoms. The normalized spacial score (nSPS) is 21.1. The Labute approximate surface area is 98.7 Å². The van der Waals surface area contributed by atoms with Gasteiger partial charge in [-0.15, -0.1) is 0 Å². The molecule has 1 nitrogen and oxygen atoms in total. The quantitative estimate of drug-likeness (QED) is 0.679. The van der Waals surface area contributed by atoms with Gasteiger partial charge in [-0.25, -0.2) is 0 Å². The van der Waals surface area contributed by atoms with Crippen molar-refractivity contribution in [2.75, 3.05) is 0 Å². The zero-order valence-corrected chi connectivity index (χ0v) is 9.61. The summed E-state index contributed by atoms with van der Waals surface area (Å²) in [6.45, 7) is 3.74. The number of carbonyl (C=O) groups is 1. The van der Waals surface area contributed by atoms with Crippen LogP contribution in [0.15, 0.2) is 30.4 Å². The first kappa shape index (κ1) is 10.7. The summed E-state index contributed by atoms with van der Waals surface area (Å²) in [5, 5.41) is 1.09. The molecule has 1 aromatic carbocycles. The van der Waals surface area contributed by atoms with Gasteiger partial charge in [-0.3, -0.25) is 4.79 Å². The highest BCUT2D eigenvalue weighted by Gasteiger charge is 2.27. The number of Topliss-reactive ketones (excluding diaryl/α,β-unsaturated/α-hetero) is 1. The molecule has 1 aliphatic rings.